The molecule has 0 heterocycles. The van der Waals surface area contributed by atoms with Gasteiger partial charge in [-0.2, -0.15) is 0 Å². The van der Waals surface area contributed by atoms with Gasteiger partial charge in [-0.15, -0.1) is 0 Å². The van der Waals surface area contributed by atoms with Crippen LogP contribution in [0, 0.1) is 50.2 Å². The zero-order chi connectivity index (χ0) is 26.7. The van der Waals surface area contributed by atoms with Gasteiger partial charge in [0, 0.05) is 17.3 Å². The minimum atomic E-state index is -1.13. The van der Waals surface area contributed by atoms with E-state index < -0.39 is 40.5 Å². The molecule has 6 nitrogen and oxygen atoms in total. The summed E-state index contributed by atoms with van der Waals surface area (Å²) in [6, 6.07) is 0. The van der Waals surface area contributed by atoms with Gasteiger partial charge in [-0.3, -0.25) is 4.79 Å². The summed E-state index contributed by atoms with van der Waals surface area (Å²) in [6.07, 6.45) is 5.09. The van der Waals surface area contributed by atoms with E-state index in [9.17, 15) is 30.3 Å². The molecule has 204 valence electrons. The van der Waals surface area contributed by atoms with Crippen LogP contribution in [0.1, 0.15) is 92.9 Å². The molecule has 0 aromatic heterocycles. The molecular formula is C30H48O6. The Bertz CT molecular complexity index is 974. The number of hydrogen-bond donors (Lipinski definition) is 5. The third kappa shape index (κ3) is 2.96. The normalized spacial score (nSPS) is 55.9. The number of fused-ring (bicyclic) bond motifs is 7. The molecule has 0 amide bonds. The Morgan fingerprint density at radius 2 is 1.58 bits per heavy atom. The standard InChI is InChI=1S/C30H48O6/c1-25(2)11-12-30(24(35)36)18(14-25)17-7-8-20-27(4,28(17,5)15-23(30)34)10-9-19-26(3,16-31)21(32)13-22(33)29(19,20)6/h7,18-23,31-34H,8-16H2,1-6H3,(H,35,36)/t18-,19+,20-,21-,22-,23+,26-,27+,28+,29-,30+/m0/s1. The van der Waals surface area contributed by atoms with Gasteiger partial charge in [-0.05, 0) is 78.9 Å². The quantitative estimate of drug-likeness (QED) is 0.361. The molecule has 36 heavy (non-hydrogen) atoms. The number of aliphatic carboxylic acids is 1. The number of hydrogen-bond acceptors (Lipinski definition) is 5. The first-order valence-electron chi connectivity index (χ1n) is 14.1. The number of carboxylic acids is 1. The summed E-state index contributed by atoms with van der Waals surface area (Å²) >= 11 is 0. The van der Waals surface area contributed by atoms with Crippen molar-refractivity contribution in [3.05, 3.63) is 11.6 Å². The highest BCUT2D eigenvalue weighted by atomic mass is 16.4. The van der Waals surface area contributed by atoms with Crippen LogP contribution in [0.5, 0.6) is 0 Å². The van der Waals surface area contributed by atoms with Gasteiger partial charge in [0.2, 0.25) is 0 Å². The highest BCUT2D eigenvalue weighted by molar-refractivity contribution is 5.77. The second kappa shape index (κ2) is 7.80. The van der Waals surface area contributed by atoms with Gasteiger partial charge in [0.1, 0.15) is 5.41 Å². The molecule has 0 aliphatic heterocycles. The van der Waals surface area contributed by atoms with E-state index in [1.54, 1.807) is 0 Å². The van der Waals surface area contributed by atoms with E-state index in [0.717, 1.165) is 32.1 Å². The molecule has 4 saturated carbocycles. The van der Waals surface area contributed by atoms with Gasteiger partial charge in [-0.25, -0.2) is 0 Å². The lowest BCUT2D eigenvalue weighted by Crippen LogP contribution is -2.70. The zero-order valence-electron chi connectivity index (χ0n) is 23.0. The second-order valence-corrected chi connectivity index (χ2v) is 15.1. The predicted molar refractivity (Wildman–Crippen MR) is 137 cm³/mol. The monoisotopic (exact) mass is 504 g/mol. The van der Waals surface area contributed by atoms with Crippen molar-refractivity contribution in [1.82, 2.24) is 0 Å². The van der Waals surface area contributed by atoms with Crippen LogP contribution >= 0.6 is 0 Å². The van der Waals surface area contributed by atoms with Crippen LogP contribution < -0.4 is 0 Å². The molecule has 0 bridgehead atoms. The molecule has 5 N–H and O–H groups in total. The largest absolute Gasteiger partial charge is 0.481 e. The van der Waals surface area contributed by atoms with Crippen LogP contribution in [-0.2, 0) is 4.79 Å². The van der Waals surface area contributed by atoms with E-state index in [4.69, 9.17) is 0 Å². The van der Waals surface area contributed by atoms with Crippen LogP contribution in [0.4, 0.5) is 0 Å². The Balaban J connectivity index is 1.65. The number of aliphatic hydroxyl groups excluding tert-OH is 4. The maximum atomic E-state index is 12.8. The summed E-state index contributed by atoms with van der Waals surface area (Å²) in [6.45, 7) is 13.0. The van der Waals surface area contributed by atoms with Crippen molar-refractivity contribution in [1.29, 1.82) is 0 Å². The SMILES string of the molecule is CC1(C)CC[C@]2(C(=O)O)[C@H](O)C[C@]3(C)C(=CC[C@@H]4[C@]5(C)[C@H](CC[C@]43C)[C@](C)(CO)[C@@H](O)C[C@@H]5O)[C@@H]2C1. The van der Waals surface area contributed by atoms with Crippen molar-refractivity contribution < 1.29 is 30.3 Å². The molecular weight excluding hydrogens is 456 g/mol. The Hall–Kier alpha value is -0.950. The van der Waals surface area contributed by atoms with Crippen LogP contribution in [0.2, 0.25) is 0 Å². The molecule has 0 saturated heterocycles. The Labute approximate surface area is 216 Å². The molecule has 5 aliphatic rings. The van der Waals surface area contributed by atoms with Crippen LogP contribution in [0.25, 0.3) is 0 Å². The molecule has 0 unspecified atom stereocenters. The minimum Gasteiger partial charge on any atom is -0.481 e. The Kier molecular flexibility index (Phi) is 5.77. The van der Waals surface area contributed by atoms with Crippen molar-refractivity contribution in [3.8, 4) is 0 Å². The van der Waals surface area contributed by atoms with Crippen molar-refractivity contribution in [3.63, 3.8) is 0 Å². The molecule has 0 aromatic carbocycles. The molecule has 5 aliphatic carbocycles. The van der Waals surface area contributed by atoms with E-state index in [1.807, 2.05) is 6.92 Å². The molecule has 11 atom stereocenters. The first-order valence-corrected chi connectivity index (χ1v) is 14.1. The van der Waals surface area contributed by atoms with E-state index in [1.165, 1.54) is 5.57 Å². The average Bonchev–Trinajstić information content (AvgIpc) is 2.78. The maximum absolute atomic E-state index is 12.8. The number of allylic oxidation sites excluding steroid dienone is 2. The lowest BCUT2D eigenvalue weighted by atomic mass is 9.33. The van der Waals surface area contributed by atoms with Crippen molar-refractivity contribution in [2.24, 2.45) is 50.2 Å². The lowest BCUT2D eigenvalue weighted by Gasteiger charge is -2.72. The summed E-state index contributed by atoms with van der Waals surface area (Å²) in [7, 11) is 0. The fraction of sp³-hybridized carbons (Fsp3) is 0.900. The van der Waals surface area contributed by atoms with Gasteiger partial charge < -0.3 is 25.5 Å². The molecule has 5 rings (SSSR count). The second-order valence-electron chi connectivity index (χ2n) is 15.1. The fourth-order valence-corrected chi connectivity index (χ4v) is 10.7. The van der Waals surface area contributed by atoms with Gasteiger partial charge in [-0.1, -0.05) is 53.2 Å². The summed E-state index contributed by atoms with van der Waals surface area (Å²) in [5.74, 6) is -0.981. The van der Waals surface area contributed by atoms with Crippen LogP contribution in [-0.4, -0.2) is 56.4 Å². The number of carboxylic acid groups (broad SMARTS) is 1. The minimum absolute atomic E-state index is 0.0163. The van der Waals surface area contributed by atoms with Gasteiger partial charge >= 0.3 is 5.97 Å². The zero-order valence-corrected chi connectivity index (χ0v) is 23.0. The summed E-state index contributed by atoms with van der Waals surface area (Å²) in [4.78, 5) is 12.8. The molecule has 0 radical (unpaired) electrons. The highest BCUT2D eigenvalue weighted by Gasteiger charge is 2.72. The summed E-state index contributed by atoms with van der Waals surface area (Å²) in [5, 5.41) is 55.1. The van der Waals surface area contributed by atoms with Gasteiger partial charge in [0.05, 0.1) is 24.9 Å². The average molecular weight is 505 g/mol. The first-order chi connectivity index (χ1) is 16.5. The Morgan fingerprint density at radius 3 is 2.19 bits per heavy atom. The van der Waals surface area contributed by atoms with Crippen molar-refractivity contribution in [2.45, 2.75) is 111 Å². The number of rotatable bonds is 2. The van der Waals surface area contributed by atoms with Crippen molar-refractivity contribution >= 4 is 5.97 Å². The molecule has 0 spiro atoms. The fourth-order valence-electron chi connectivity index (χ4n) is 10.7. The topological polar surface area (TPSA) is 118 Å². The van der Waals surface area contributed by atoms with Gasteiger partial charge in [0.25, 0.3) is 0 Å². The third-order valence-corrected chi connectivity index (χ3v) is 13.3. The van der Waals surface area contributed by atoms with Crippen molar-refractivity contribution in [2.75, 3.05) is 6.61 Å². The first kappa shape index (κ1) is 26.6. The smallest absolute Gasteiger partial charge is 0.312 e. The summed E-state index contributed by atoms with van der Waals surface area (Å²) in [5.41, 5.74) is -1.68. The Morgan fingerprint density at radius 1 is 0.917 bits per heavy atom. The maximum Gasteiger partial charge on any atom is 0.312 e. The van der Waals surface area contributed by atoms with Crippen LogP contribution in [0.15, 0.2) is 11.6 Å². The van der Waals surface area contributed by atoms with Gasteiger partial charge in [0.15, 0.2) is 0 Å². The predicted octanol–water partition coefficient (Wildman–Crippen LogP) is 4.15. The molecule has 0 aromatic rings. The number of aliphatic hydroxyl groups is 4. The van der Waals surface area contributed by atoms with E-state index in [0.29, 0.717) is 12.8 Å². The third-order valence-electron chi connectivity index (χ3n) is 13.3. The molecule has 4 fully saturated rings. The van der Waals surface area contributed by atoms with E-state index in [2.05, 4.69) is 40.7 Å². The van der Waals surface area contributed by atoms with E-state index >= 15 is 0 Å². The summed E-state index contributed by atoms with van der Waals surface area (Å²) < 4.78 is 0. The molecule has 6 heteroatoms. The van der Waals surface area contributed by atoms with E-state index in [-0.39, 0.29) is 47.0 Å². The lowest BCUT2D eigenvalue weighted by molar-refractivity contribution is -0.258. The highest BCUT2D eigenvalue weighted by Crippen LogP contribution is 2.75. The van der Waals surface area contributed by atoms with Crippen LogP contribution in [0.3, 0.4) is 0 Å². The number of carbonyl (C=O) groups is 1.